The molecule has 0 spiro atoms. The van der Waals surface area contributed by atoms with E-state index in [0.29, 0.717) is 25.7 Å². The lowest BCUT2D eigenvalue weighted by atomic mass is 9.83. The van der Waals surface area contributed by atoms with Crippen LogP contribution in [0.5, 0.6) is 0 Å². The largest absolute Gasteiger partial charge is 0.347 e. The van der Waals surface area contributed by atoms with E-state index in [0.717, 1.165) is 36.6 Å². The fraction of sp³-hybridized carbons (Fsp3) is 0.815. The fourth-order valence-corrected chi connectivity index (χ4v) is 6.94. The van der Waals surface area contributed by atoms with Crippen molar-refractivity contribution in [2.24, 2.45) is 5.41 Å². The number of rotatable bonds is 12. The molecule has 0 radical (unpaired) electrons. The Balaban J connectivity index is 1.68. The van der Waals surface area contributed by atoms with Gasteiger partial charge in [0.1, 0.15) is 12.1 Å². The average Bonchev–Trinajstić information content (AvgIpc) is 3.59. The molecule has 0 aromatic carbocycles. The minimum absolute atomic E-state index is 0.0169. The summed E-state index contributed by atoms with van der Waals surface area (Å²) in [5.74, 6) is -2.85. The van der Waals surface area contributed by atoms with E-state index in [4.69, 9.17) is 4.84 Å². The van der Waals surface area contributed by atoms with E-state index in [-0.39, 0.29) is 18.3 Å². The summed E-state index contributed by atoms with van der Waals surface area (Å²) in [6, 6.07) is -2.54. The van der Waals surface area contributed by atoms with Gasteiger partial charge < -0.3 is 26.2 Å². The molecule has 2 atom stereocenters. The van der Waals surface area contributed by atoms with Gasteiger partial charge in [0, 0.05) is 19.6 Å². The van der Waals surface area contributed by atoms with E-state index in [9.17, 15) is 32.4 Å². The Bertz CT molecular complexity index is 1140. The highest BCUT2D eigenvalue weighted by molar-refractivity contribution is 7.89. The quantitative estimate of drug-likeness (QED) is 0.177. The van der Waals surface area contributed by atoms with Crippen molar-refractivity contribution in [2.45, 2.75) is 102 Å². The number of ketones is 1. The predicted molar refractivity (Wildman–Crippen MR) is 153 cm³/mol. The van der Waals surface area contributed by atoms with Crippen LogP contribution in [0, 0.1) is 5.41 Å². The first-order valence-electron chi connectivity index (χ1n) is 14.6. The molecular weight excluding hydrogens is 568 g/mol. The topological polar surface area (TPSA) is 183 Å². The van der Waals surface area contributed by atoms with Crippen molar-refractivity contribution in [2.75, 3.05) is 33.0 Å². The molecule has 5 amide bonds. The molecule has 2 saturated carbocycles. The maximum atomic E-state index is 13.8. The van der Waals surface area contributed by atoms with Gasteiger partial charge in [-0.3, -0.25) is 24.0 Å². The molecule has 238 valence electrons. The SMILES string of the molecule is CON(C)S(=O)(=O)CC1(NC(=O)N[C@H](C(=O)N2CCC[C@H]2C(=O)NCC(=O)C(=O)NC2CC2)C(C)(C)C)CCCCC1. The van der Waals surface area contributed by atoms with E-state index >= 15 is 0 Å². The van der Waals surface area contributed by atoms with Crippen molar-refractivity contribution in [1.29, 1.82) is 0 Å². The van der Waals surface area contributed by atoms with Gasteiger partial charge in [0.15, 0.2) is 0 Å². The summed E-state index contributed by atoms with van der Waals surface area (Å²) >= 11 is 0. The van der Waals surface area contributed by atoms with Crippen LogP contribution in [0.1, 0.15) is 78.6 Å². The Hall–Kier alpha value is -2.78. The number of hydrogen-bond acceptors (Lipinski definition) is 8. The van der Waals surface area contributed by atoms with Crippen LogP contribution in [-0.4, -0.2) is 104 Å². The highest BCUT2D eigenvalue weighted by Gasteiger charge is 2.44. The lowest BCUT2D eigenvalue weighted by Crippen LogP contribution is -2.63. The first-order valence-corrected chi connectivity index (χ1v) is 16.2. The standard InChI is InChI=1S/C27H46N6O8S/c1-26(2,3)21(30-25(38)31-27(13-7-6-8-14-27)17-42(39,40)32(4)41-5)24(37)33-15-9-10-19(33)22(35)28-16-20(34)23(36)29-18-11-12-18/h18-19,21H,6-17H2,1-5H3,(H,28,35)(H,29,36)(H2,30,31,38)/t19-,21+/m0/s1. The predicted octanol–water partition coefficient (Wildman–Crippen LogP) is 0.181. The van der Waals surface area contributed by atoms with E-state index in [2.05, 4.69) is 21.3 Å². The van der Waals surface area contributed by atoms with Gasteiger partial charge >= 0.3 is 6.03 Å². The number of nitrogens with zero attached hydrogens (tertiary/aromatic N) is 2. The number of carbonyl (C=O) groups excluding carboxylic acids is 5. The smallest absolute Gasteiger partial charge is 0.315 e. The number of carbonyl (C=O) groups is 5. The molecule has 0 aromatic heterocycles. The molecule has 1 heterocycles. The van der Waals surface area contributed by atoms with Crippen molar-refractivity contribution >= 4 is 39.6 Å². The summed E-state index contributed by atoms with van der Waals surface area (Å²) in [6.45, 7) is 5.17. The molecule has 1 saturated heterocycles. The molecule has 0 aromatic rings. The van der Waals surface area contributed by atoms with Crippen molar-refractivity contribution in [3.63, 3.8) is 0 Å². The third kappa shape index (κ3) is 8.86. The van der Waals surface area contributed by atoms with E-state index < -0.39 is 69.1 Å². The number of hydrogen-bond donors (Lipinski definition) is 4. The lowest BCUT2D eigenvalue weighted by molar-refractivity contribution is -0.142. The summed E-state index contributed by atoms with van der Waals surface area (Å²) < 4.78 is 26.5. The van der Waals surface area contributed by atoms with Gasteiger partial charge in [-0.15, -0.1) is 0 Å². The Labute approximate surface area is 248 Å². The lowest BCUT2D eigenvalue weighted by Gasteiger charge is -2.40. The average molecular weight is 615 g/mol. The monoisotopic (exact) mass is 614 g/mol. The Morgan fingerprint density at radius 1 is 1.02 bits per heavy atom. The zero-order valence-corrected chi connectivity index (χ0v) is 26.1. The molecule has 4 N–H and O–H groups in total. The van der Waals surface area contributed by atoms with Crippen LogP contribution in [0.2, 0.25) is 0 Å². The molecule has 1 aliphatic heterocycles. The molecular formula is C27H46N6O8S. The van der Waals surface area contributed by atoms with Crippen LogP contribution in [0.3, 0.4) is 0 Å². The van der Waals surface area contributed by atoms with Crippen LogP contribution >= 0.6 is 0 Å². The Morgan fingerprint density at radius 2 is 1.67 bits per heavy atom. The first-order chi connectivity index (χ1) is 19.6. The van der Waals surface area contributed by atoms with Crippen LogP contribution < -0.4 is 21.3 Å². The van der Waals surface area contributed by atoms with Crippen molar-refractivity contribution < 1.29 is 37.2 Å². The zero-order valence-electron chi connectivity index (χ0n) is 25.3. The molecule has 14 nitrogen and oxygen atoms in total. The zero-order chi connectivity index (χ0) is 31.3. The fourth-order valence-electron chi connectivity index (χ4n) is 5.47. The van der Waals surface area contributed by atoms with Crippen molar-refractivity contribution in [1.82, 2.24) is 30.6 Å². The molecule has 0 bridgehead atoms. The maximum absolute atomic E-state index is 13.8. The second-order valence-corrected chi connectivity index (χ2v) is 14.6. The van der Waals surface area contributed by atoms with Crippen LogP contribution in [-0.2, 0) is 34.0 Å². The van der Waals surface area contributed by atoms with Crippen LogP contribution in [0.25, 0.3) is 0 Å². The number of sulfonamides is 1. The van der Waals surface area contributed by atoms with E-state index in [1.54, 1.807) is 20.8 Å². The minimum Gasteiger partial charge on any atom is -0.347 e. The van der Waals surface area contributed by atoms with Crippen LogP contribution in [0.4, 0.5) is 4.79 Å². The first kappa shape index (κ1) is 33.7. The minimum atomic E-state index is -3.84. The highest BCUT2D eigenvalue weighted by atomic mass is 32.2. The van der Waals surface area contributed by atoms with Crippen LogP contribution in [0.15, 0.2) is 0 Å². The molecule has 3 rings (SSSR count). The second-order valence-electron chi connectivity index (χ2n) is 12.7. The van der Waals surface area contributed by atoms with Gasteiger partial charge in [0.05, 0.1) is 24.9 Å². The van der Waals surface area contributed by atoms with Gasteiger partial charge in [-0.25, -0.2) is 13.2 Å². The third-order valence-electron chi connectivity index (χ3n) is 8.11. The maximum Gasteiger partial charge on any atom is 0.315 e. The summed E-state index contributed by atoms with van der Waals surface area (Å²) in [4.78, 5) is 70.5. The van der Waals surface area contributed by atoms with E-state index in [1.807, 2.05) is 0 Å². The van der Waals surface area contributed by atoms with Gasteiger partial charge in [-0.05, 0) is 43.9 Å². The summed E-state index contributed by atoms with van der Waals surface area (Å²) in [5.41, 5.74) is -1.79. The highest BCUT2D eigenvalue weighted by Crippen LogP contribution is 2.31. The van der Waals surface area contributed by atoms with Gasteiger partial charge in [0.2, 0.25) is 27.6 Å². The van der Waals surface area contributed by atoms with E-state index in [1.165, 1.54) is 19.1 Å². The molecule has 15 heteroatoms. The third-order valence-corrected chi connectivity index (χ3v) is 9.96. The summed E-state index contributed by atoms with van der Waals surface area (Å²) in [7, 11) is -1.29. The second kappa shape index (κ2) is 13.7. The summed E-state index contributed by atoms with van der Waals surface area (Å²) in [5, 5.41) is 10.7. The Kier molecular flexibility index (Phi) is 11.0. The van der Waals surface area contributed by atoms with Gasteiger partial charge in [-0.2, -0.15) is 0 Å². The molecule has 2 aliphatic carbocycles. The summed E-state index contributed by atoms with van der Waals surface area (Å²) in [6.07, 6.45) is 5.90. The molecule has 0 unspecified atom stereocenters. The van der Waals surface area contributed by atoms with Gasteiger partial charge in [0.25, 0.3) is 5.91 Å². The van der Waals surface area contributed by atoms with Gasteiger partial charge in [-0.1, -0.05) is 44.5 Å². The normalized spacial score (nSPS) is 21.4. The number of hydroxylamine groups is 1. The van der Waals surface area contributed by atoms with Crippen molar-refractivity contribution in [3.05, 3.63) is 0 Å². The Morgan fingerprint density at radius 3 is 2.24 bits per heavy atom. The molecule has 3 aliphatic rings. The molecule has 3 fully saturated rings. The number of likely N-dealkylation sites (tertiary alicyclic amines) is 1. The number of amides is 5. The molecule has 42 heavy (non-hydrogen) atoms. The number of urea groups is 1. The van der Waals surface area contributed by atoms with Crippen molar-refractivity contribution in [3.8, 4) is 0 Å². The number of nitrogens with one attached hydrogen (secondary N) is 4. The number of Topliss-reactive ketones (excluding diaryl/α,β-unsaturated/α-hetero) is 1.